The smallest absolute Gasteiger partial charge is 0.200 e. The fourth-order valence-corrected chi connectivity index (χ4v) is 6.53. The van der Waals surface area contributed by atoms with Crippen LogP contribution in [0.25, 0.3) is 0 Å². The zero-order valence-electron chi connectivity index (χ0n) is 21.3. The maximum Gasteiger partial charge on any atom is 0.200 e. The number of halogens is 2. The Hall–Kier alpha value is -1.58. The maximum absolute atomic E-state index is 14.3. The van der Waals surface area contributed by atoms with Crippen LogP contribution >= 0.6 is 0 Å². The summed E-state index contributed by atoms with van der Waals surface area (Å²) in [5.74, 6) is 3.10. The van der Waals surface area contributed by atoms with Crippen LogP contribution in [0.5, 0.6) is 5.75 Å². The molecular weight excluding hydrogens is 430 g/mol. The summed E-state index contributed by atoms with van der Waals surface area (Å²) in [6.45, 7) is 5.61. The van der Waals surface area contributed by atoms with Crippen LogP contribution in [0.2, 0.25) is 0 Å². The van der Waals surface area contributed by atoms with Crippen molar-refractivity contribution >= 4 is 0 Å². The quantitative estimate of drug-likeness (QED) is 0.356. The topological polar surface area (TPSA) is 18.5 Å². The number of hydrogen-bond donors (Lipinski definition) is 0. The van der Waals surface area contributed by atoms with E-state index in [-0.39, 0.29) is 5.75 Å². The maximum atomic E-state index is 14.3. The largest absolute Gasteiger partial charge is 0.498 e. The number of aryl methyl sites for hydroxylation is 1. The van der Waals surface area contributed by atoms with Crippen molar-refractivity contribution in [3.8, 4) is 5.75 Å². The van der Waals surface area contributed by atoms with Gasteiger partial charge < -0.3 is 9.47 Å². The van der Waals surface area contributed by atoms with Gasteiger partial charge in [-0.2, -0.15) is 4.39 Å². The predicted octanol–water partition coefficient (Wildman–Crippen LogP) is 8.63. The average molecular weight is 475 g/mol. The zero-order chi connectivity index (χ0) is 23.9. The Morgan fingerprint density at radius 1 is 0.853 bits per heavy atom. The molecule has 0 amide bonds. The molecule has 0 saturated heterocycles. The van der Waals surface area contributed by atoms with E-state index in [2.05, 4.69) is 13.0 Å². The first-order valence-corrected chi connectivity index (χ1v) is 14.0. The first kappa shape index (κ1) is 25.5. The second-order valence-corrected chi connectivity index (χ2v) is 11.1. The molecule has 2 saturated carbocycles. The molecule has 0 radical (unpaired) electrons. The van der Waals surface area contributed by atoms with Crippen LogP contribution in [0.3, 0.4) is 0 Å². The van der Waals surface area contributed by atoms with Crippen molar-refractivity contribution < 1.29 is 18.3 Å². The van der Waals surface area contributed by atoms with E-state index in [0.717, 1.165) is 38.2 Å². The molecule has 190 valence electrons. The minimum atomic E-state index is -0.833. The number of benzene rings is 1. The Morgan fingerprint density at radius 3 is 2.24 bits per heavy atom. The second-order valence-electron chi connectivity index (χ2n) is 11.1. The summed E-state index contributed by atoms with van der Waals surface area (Å²) in [6.07, 6.45) is 17.5. The second kappa shape index (κ2) is 12.4. The van der Waals surface area contributed by atoms with Gasteiger partial charge in [-0.05, 0) is 106 Å². The molecule has 1 atom stereocenters. The van der Waals surface area contributed by atoms with E-state index >= 15 is 0 Å². The molecule has 1 aromatic carbocycles. The summed E-state index contributed by atoms with van der Waals surface area (Å²) in [6, 6.07) is 3.25. The van der Waals surface area contributed by atoms with E-state index in [9.17, 15) is 8.78 Å². The summed E-state index contributed by atoms with van der Waals surface area (Å²) in [4.78, 5) is 0. The van der Waals surface area contributed by atoms with Crippen molar-refractivity contribution in [2.75, 3.05) is 13.2 Å². The van der Waals surface area contributed by atoms with Gasteiger partial charge in [-0.15, -0.1) is 0 Å². The van der Waals surface area contributed by atoms with Gasteiger partial charge in [-0.25, -0.2) is 4.39 Å². The Balaban J connectivity index is 1.19. The zero-order valence-corrected chi connectivity index (χ0v) is 21.3. The van der Waals surface area contributed by atoms with E-state index in [1.54, 1.807) is 12.1 Å². The van der Waals surface area contributed by atoms with Gasteiger partial charge in [-0.1, -0.05) is 39.2 Å². The van der Waals surface area contributed by atoms with Crippen molar-refractivity contribution in [2.45, 2.75) is 97.3 Å². The highest BCUT2D eigenvalue weighted by atomic mass is 19.2. The molecule has 1 unspecified atom stereocenters. The monoisotopic (exact) mass is 474 g/mol. The van der Waals surface area contributed by atoms with Gasteiger partial charge in [0.1, 0.15) is 0 Å². The normalized spacial score (nSPS) is 29.9. The van der Waals surface area contributed by atoms with Crippen LogP contribution in [0.1, 0.15) is 96.5 Å². The minimum Gasteiger partial charge on any atom is -0.498 e. The van der Waals surface area contributed by atoms with E-state index < -0.39 is 11.6 Å². The van der Waals surface area contributed by atoms with Crippen LogP contribution in [-0.4, -0.2) is 13.2 Å². The Labute approximate surface area is 205 Å². The van der Waals surface area contributed by atoms with Crippen LogP contribution in [0, 0.1) is 41.2 Å². The summed E-state index contributed by atoms with van der Waals surface area (Å²) >= 11 is 0. The molecule has 1 heterocycles. The van der Waals surface area contributed by atoms with E-state index in [1.807, 2.05) is 6.92 Å². The average Bonchev–Trinajstić information content (AvgIpc) is 2.88. The lowest BCUT2D eigenvalue weighted by atomic mass is 9.74. The lowest BCUT2D eigenvalue weighted by Crippen LogP contribution is -2.30. The Bertz CT molecular complexity index is 804. The molecule has 1 aliphatic heterocycles. The van der Waals surface area contributed by atoms with Crippen molar-refractivity contribution in [2.24, 2.45) is 29.6 Å². The number of allylic oxidation sites excluding steroid dienone is 2. The molecule has 0 aromatic heterocycles. The molecule has 0 bridgehead atoms. The van der Waals surface area contributed by atoms with E-state index in [1.165, 1.54) is 57.1 Å². The molecule has 3 aliphatic rings. The molecular formula is C30H44F2O2. The molecule has 2 fully saturated rings. The minimum absolute atomic E-state index is 0.0570. The van der Waals surface area contributed by atoms with Gasteiger partial charge in [0.2, 0.25) is 5.82 Å². The highest BCUT2D eigenvalue weighted by molar-refractivity contribution is 5.31. The Morgan fingerprint density at radius 2 is 1.59 bits per heavy atom. The van der Waals surface area contributed by atoms with Crippen LogP contribution in [0.15, 0.2) is 24.0 Å². The number of rotatable bonds is 9. The molecule has 0 N–H and O–H groups in total. The lowest BCUT2D eigenvalue weighted by Gasteiger charge is -2.37. The van der Waals surface area contributed by atoms with Gasteiger partial charge in [-0.3, -0.25) is 0 Å². The van der Waals surface area contributed by atoms with Crippen molar-refractivity contribution in [1.82, 2.24) is 0 Å². The third-order valence-corrected chi connectivity index (χ3v) is 8.71. The molecule has 2 nitrogen and oxygen atoms in total. The highest BCUT2D eigenvalue weighted by Crippen LogP contribution is 2.41. The lowest BCUT2D eigenvalue weighted by molar-refractivity contribution is 0.0600. The summed E-state index contributed by atoms with van der Waals surface area (Å²) in [5, 5.41) is 0. The molecule has 4 rings (SSSR count). The van der Waals surface area contributed by atoms with Gasteiger partial charge in [0, 0.05) is 5.92 Å². The van der Waals surface area contributed by atoms with Crippen LogP contribution in [-0.2, 0) is 11.2 Å². The van der Waals surface area contributed by atoms with Crippen LogP contribution in [0.4, 0.5) is 8.78 Å². The molecule has 0 spiro atoms. The molecule has 34 heavy (non-hydrogen) atoms. The summed E-state index contributed by atoms with van der Waals surface area (Å²) in [7, 11) is 0. The summed E-state index contributed by atoms with van der Waals surface area (Å²) < 4.78 is 40.6. The summed E-state index contributed by atoms with van der Waals surface area (Å²) in [5.41, 5.74) is 0.434. The molecule has 1 aromatic rings. The third kappa shape index (κ3) is 6.34. The fourth-order valence-electron chi connectivity index (χ4n) is 6.53. The highest BCUT2D eigenvalue weighted by Gasteiger charge is 2.32. The number of ether oxygens (including phenoxy) is 2. The van der Waals surface area contributed by atoms with Crippen molar-refractivity contribution in [1.29, 1.82) is 0 Å². The number of hydrogen-bond acceptors (Lipinski definition) is 2. The van der Waals surface area contributed by atoms with E-state index in [4.69, 9.17) is 9.47 Å². The van der Waals surface area contributed by atoms with Crippen molar-refractivity contribution in [3.05, 3.63) is 41.2 Å². The third-order valence-electron chi connectivity index (χ3n) is 8.71. The van der Waals surface area contributed by atoms with Gasteiger partial charge >= 0.3 is 0 Å². The van der Waals surface area contributed by atoms with Gasteiger partial charge in [0.25, 0.3) is 0 Å². The SMILES string of the molecule is CCCc1ccc(OCC2CCC(C3CC=C(C4CCC(CCC)CC4)OC3)CC2)c(F)c1F. The molecule has 4 heteroatoms. The standard InChI is InChI=1S/C30H44F2O2/c1-3-5-21-7-13-24(14-8-21)27-17-16-26(20-34-27)23-11-9-22(10-12-23)19-33-28-18-15-25(6-4-2)29(31)30(28)32/h15,17-18,21-24,26H,3-14,16,19-20H2,1-2H3. The molecule has 2 aliphatic carbocycles. The predicted molar refractivity (Wildman–Crippen MR) is 134 cm³/mol. The van der Waals surface area contributed by atoms with Gasteiger partial charge in [0.15, 0.2) is 11.6 Å². The first-order chi connectivity index (χ1) is 16.6. The Kier molecular flexibility index (Phi) is 9.31. The van der Waals surface area contributed by atoms with Crippen molar-refractivity contribution in [3.63, 3.8) is 0 Å². The van der Waals surface area contributed by atoms with Crippen LogP contribution < -0.4 is 4.74 Å². The fraction of sp³-hybridized carbons (Fsp3) is 0.733. The van der Waals surface area contributed by atoms with E-state index in [0.29, 0.717) is 42.3 Å². The van der Waals surface area contributed by atoms with Gasteiger partial charge in [0.05, 0.1) is 19.0 Å². The first-order valence-electron chi connectivity index (χ1n) is 14.0.